The summed E-state index contributed by atoms with van der Waals surface area (Å²) in [6.07, 6.45) is 2.95. The lowest BCUT2D eigenvalue weighted by atomic mass is 9.88. The number of rotatable bonds is 3. The predicted octanol–water partition coefficient (Wildman–Crippen LogP) is 2.76. The lowest BCUT2D eigenvalue weighted by molar-refractivity contribution is -0.384. The van der Waals surface area contributed by atoms with Crippen molar-refractivity contribution in [3.63, 3.8) is 0 Å². The third-order valence-corrected chi connectivity index (χ3v) is 4.38. The van der Waals surface area contributed by atoms with Crippen molar-refractivity contribution in [2.45, 2.75) is 24.9 Å². The minimum absolute atomic E-state index is 0.00295. The number of hydrogen-bond acceptors (Lipinski definition) is 5. The SMILES string of the molecule is O=[N+]([O-])c1cccnc1N1CCC(O)(CC#Cc2ccccc2)CC1. The lowest BCUT2D eigenvalue weighted by Crippen LogP contribution is -2.44. The molecule has 0 unspecified atom stereocenters. The molecule has 2 aromatic rings. The second-order valence-electron chi connectivity index (χ2n) is 6.16. The standard InChI is InChI=1S/C19H19N3O3/c23-19(10-4-8-16-6-2-1-3-7-16)11-14-21(15-12-19)18-17(22(24)25)9-5-13-20-18/h1-3,5-7,9,13,23H,10-12,14-15H2. The Bertz CT molecular complexity index is 803. The molecule has 1 aromatic heterocycles. The van der Waals surface area contributed by atoms with E-state index in [0.29, 0.717) is 38.2 Å². The van der Waals surface area contributed by atoms with Gasteiger partial charge in [-0.1, -0.05) is 30.0 Å². The number of nitrogens with zero attached hydrogens (tertiary/aromatic N) is 3. The Labute approximate surface area is 146 Å². The summed E-state index contributed by atoms with van der Waals surface area (Å²) >= 11 is 0. The van der Waals surface area contributed by atoms with Crippen LogP contribution in [-0.4, -0.2) is 33.7 Å². The lowest BCUT2D eigenvalue weighted by Gasteiger charge is -2.37. The number of piperidine rings is 1. The molecule has 0 radical (unpaired) electrons. The van der Waals surface area contributed by atoms with Crippen molar-refractivity contribution in [1.29, 1.82) is 0 Å². The van der Waals surface area contributed by atoms with Crippen LogP contribution in [-0.2, 0) is 0 Å². The molecule has 1 fully saturated rings. The summed E-state index contributed by atoms with van der Waals surface area (Å²) in [5, 5.41) is 21.8. The van der Waals surface area contributed by atoms with E-state index in [4.69, 9.17) is 0 Å². The van der Waals surface area contributed by atoms with E-state index in [1.54, 1.807) is 12.3 Å². The second kappa shape index (κ2) is 7.32. The topological polar surface area (TPSA) is 79.5 Å². The Kier molecular flexibility index (Phi) is 4.96. The molecule has 0 saturated carbocycles. The number of aromatic nitrogens is 1. The Morgan fingerprint density at radius 1 is 1.20 bits per heavy atom. The van der Waals surface area contributed by atoms with Gasteiger partial charge < -0.3 is 10.0 Å². The van der Waals surface area contributed by atoms with Crippen LogP contribution < -0.4 is 4.90 Å². The average molecular weight is 337 g/mol. The first-order chi connectivity index (χ1) is 12.1. The van der Waals surface area contributed by atoms with Crippen LogP contribution in [0.15, 0.2) is 48.7 Å². The molecule has 128 valence electrons. The van der Waals surface area contributed by atoms with Gasteiger partial charge in [-0.05, 0) is 31.0 Å². The zero-order valence-corrected chi connectivity index (χ0v) is 13.8. The van der Waals surface area contributed by atoms with Crippen LogP contribution in [0.1, 0.15) is 24.8 Å². The summed E-state index contributed by atoms with van der Waals surface area (Å²) in [4.78, 5) is 16.7. The van der Waals surface area contributed by atoms with Crippen LogP contribution in [0.5, 0.6) is 0 Å². The van der Waals surface area contributed by atoms with Crippen molar-refractivity contribution in [2.75, 3.05) is 18.0 Å². The monoisotopic (exact) mass is 337 g/mol. The van der Waals surface area contributed by atoms with E-state index in [-0.39, 0.29) is 5.69 Å². The molecule has 6 nitrogen and oxygen atoms in total. The van der Waals surface area contributed by atoms with Gasteiger partial charge >= 0.3 is 5.69 Å². The van der Waals surface area contributed by atoms with Crippen LogP contribution in [0.4, 0.5) is 11.5 Å². The van der Waals surface area contributed by atoms with Gasteiger partial charge in [-0.15, -0.1) is 0 Å². The molecule has 1 aliphatic heterocycles. The summed E-state index contributed by atoms with van der Waals surface area (Å²) in [6, 6.07) is 12.7. The summed E-state index contributed by atoms with van der Waals surface area (Å²) in [5.41, 5.74) is 0.0615. The minimum Gasteiger partial charge on any atom is -0.389 e. The predicted molar refractivity (Wildman–Crippen MR) is 95.2 cm³/mol. The number of hydrogen-bond donors (Lipinski definition) is 1. The Hall–Kier alpha value is -2.91. The Morgan fingerprint density at radius 3 is 2.60 bits per heavy atom. The number of nitro groups is 1. The maximum absolute atomic E-state index is 11.1. The van der Waals surface area contributed by atoms with Gasteiger partial charge in [0.1, 0.15) is 0 Å². The van der Waals surface area contributed by atoms with Crippen molar-refractivity contribution < 1.29 is 10.0 Å². The molecular weight excluding hydrogens is 318 g/mol. The van der Waals surface area contributed by atoms with Crippen molar-refractivity contribution in [1.82, 2.24) is 4.98 Å². The summed E-state index contributed by atoms with van der Waals surface area (Å²) < 4.78 is 0. The molecule has 0 bridgehead atoms. The Morgan fingerprint density at radius 2 is 1.92 bits per heavy atom. The summed E-state index contributed by atoms with van der Waals surface area (Å²) in [6.45, 7) is 1.03. The van der Waals surface area contributed by atoms with Gasteiger partial charge in [-0.2, -0.15) is 0 Å². The van der Waals surface area contributed by atoms with E-state index in [1.807, 2.05) is 35.2 Å². The zero-order chi connectivity index (χ0) is 17.7. The quantitative estimate of drug-likeness (QED) is 0.529. The first-order valence-electron chi connectivity index (χ1n) is 8.18. The van der Waals surface area contributed by atoms with Gasteiger partial charge in [-0.3, -0.25) is 10.1 Å². The van der Waals surface area contributed by atoms with E-state index < -0.39 is 10.5 Å². The Balaban J connectivity index is 1.64. The first kappa shape index (κ1) is 16.9. The highest BCUT2D eigenvalue weighted by molar-refractivity contribution is 5.57. The fourth-order valence-electron chi connectivity index (χ4n) is 2.92. The molecule has 2 heterocycles. The van der Waals surface area contributed by atoms with Gasteiger partial charge in [-0.25, -0.2) is 4.98 Å². The van der Waals surface area contributed by atoms with Crippen molar-refractivity contribution in [3.8, 4) is 11.8 Å². The highest BCUT2D eigenvalue weighted by atomic mass is 16.6. The number of pyridine rings is 1. The van der Waals surface area contributed by atoms with Crippen molar-refractivity contribution in [3.05, 3.63) is 64.3 Å². The minimum atomic E-state index is -0.859. The summed E-state index contributed by atoms with van der Waals surface area (Å²) in [7, 11) is 0. The molecule has 6 heteroatoms. The molecule has 1 N–H and O–H groups in total. The normalized spacial score (nSPS) is 16.0. The van der Waals surface area contributed by atoms with Gasteiger partial charge in [0.15, 0.2) is 0 Å². The van der Waals surface area contributed by atoms with E-state index in [2.05, 4.69) is 16.8 Å². The van der Waals surface area contributed by atoms with Crippen LogP contribution in [0.2, 0.25) is 0 Å². The van der Waals surface area contributed by atoms with Crippen molar-refractivity contribution >= 4 is 11.5 Å². The van der Waals surface area contributed by atoms with Crippen LogP contribution >= 0.6 is 0 Å². The van der Waals surface area contributed by atoms with Crippen LogP contribution in [0, 0.1) is 22.0 Å². The molecule has 3 rings (SSSR count). The van der Waals surface area contributed by atoms with Crippen LogP contribution in [0.3, 0.4) is 0 Å². The molecule has 0 spiro atoms. The third-order valence-electron chi connectivity index (χ3n) is 4.38. The first-order valence-corrected chi connectivity index (χ1v) is 8.18. The van der Waals surface area contributed by atoms with E-state index in [0.717, 1.165) is 5.56 Å². The maximum Gasteiger partial charge on any atom is 0.311 e. The third kappa shape index (κ3) is 4.14. The summed E-state index contributed by atoms with van der Waals surface area (Å²) in [5.74, 6) is 6.48. The fourth-order valence-corrected chi connectivity index (χ4v) is 2.92. The van der Waals surface area contributed by atoms with Gasteiger partial charge in [0.05, 0.1) is 10.5 Å². The smallest absolute Gasteiger partial charge is 0.311 e. The molecule has 0 aliphatic carbocycles. The molecule has 0 atom stereocenters. The van der Waals surface area contributed by atoms with E-state index >= 15 is 0 Å². The maximum atomic E-state index is 11.1. The fraction of sp³-hybridized carbons (Fsp3) is 0.316. The highest BCUT2D eigenvalue weighted by Gasteiger charge is 2.33. The molecule has 0 amide bonds. The molecular formula is C19H19N3O3. The average Bonchev–Trinajstić information content (AvgIpc) is 2.63. The van der Waals surface area contributed by atoms with Crippen LogP contribution in [0.25, 0.3) is 0 Å². The highest BCUT2D eigenvalue weighted by Crippen LogP contribution is 2.31. The molecule has 1 aromatic carbocycles. The number of anilines is 1. The van der Waals surface area contributed by atoms with E-state index in [9.17, 15) is 15.2 Å². The molecule has 1 saturated heterocycles. The number of benzene rings is 1. The molecule has 25 heavy (non-hydrogen) atoms. The van der Waals surface area contributed by atoms with Crippen molar-refractivity contribution in [2.24, 2.45) is 0 Å². The molecule has 1 aliphatic rings. The largest absolute Gasteiger partial charge is 0.389 e. The van der Waals surface area contributed by atoms with Gasteiger partial charge in [0.2, 0.25) is 5.82 Å². The zero-order valence-electron chi connectivity index (χ0n) is 13.8. The number of aliphatic hydroxyl groups is 1. The second-order valence-corrected chi connectivity index (χ2v) is 6.16. The van der Waals surface area contributed by atoms with E-state index in [1.165, 1.54) is 6.07 Å². The van der Waals surface area contributed by atoms with Gasteiger partial charge in [0.25, 0.3) is 0 Å². The van der Waals surface area contributed by atoms with Gasteiger partial charge in [0, 0.05) is 37.3 Å².